The molecule has 2 heterocycles. The highest BCUT2D eigenvalue weighted by Crippen LogP contribution is 2.20. The average molecular weight is 249 g/mol. The predicted molar refractivity (Wildman–Crippen MR) is 72.2 cm³/mol. The van der Waals surface area contributed by atoms with Gasteiger partial charge in [0, 0.05) is 37.1 Å². The van der Waals surface area contributed by atoms with Gasteiger partial charge in [0.1, 0.15) is 5.01 Å². The van der Waals surface area contributed by atoms with Crippen molar-refractivity contribution in [3.05, 3.63) is 40.1 Å². The summed E-state index contributed by atoms with van der Waals surface area (Å²) in [7, 11) is 2.04. The van der Waals surface area contributed by atoms with E-state index in [1.807, 2.05) is 13.2 Å². The molecule has 2 rings (SSSR count). The van der Waals surface area contributed by atoms with Gasteiger partial charge < -0.3 is 9.88 Å². The minimum atomic E-state index is 0.320. The SMILES string of the molecule is CCc1cnc(C(C)NCc2ccn(C)c2)s1. The molecule has 0 spiro atoms. The van der Waals surface area contributed by atoms with E-state index >= 15 is 0 Å². The molecule has 0 saturated heterocycles. The van der Waals surface area contributed by atoms with Gasteiger partial charge in [-0.05, 0) is 25.0 Å². The van der Waals surface area contributed by atoms with Crippen molar-refractivity contribution in [3.8, 4) is 0 Å². The number of nitrogens with one attached hydrogen (secondary N) is 1. The maximum Gasteiger partial charge on any atom is 0.109 e. The summed E-state index contributed by atoms with van der Waals surface area (Å²) in [5.74, 6) is 0. The number of rotatable bonds is 5. The fourth-order valence-corrected chi connectivity index (χ4v) is 2.59. The first-order valence-electron chi connectivity index (χ1n) is 5.98. The van der Waals surface area contributed by atoms with Gasteiger partial charge in [-0.1, -0.05) is 6.92 Å². The van der Waals surface area contributed by atoms with Crippen LogP contribution in [-0.4, -0.2) is 9.55 Å². The number of aromatic nitrogens is 2. The van der Waals surface area contributed by atoms with Crippen molar-refractivity contribution in [1.29, 1.82) is 0 Å². The second-order valence-corrected chi connectivity index (χ2v) is 5.45. The first-order valence-corrected chi connectivity index (χ1v) is 6.79. The standard InChI is InChI=1S/C13H19N3S/c1-4-12-8-15-13(17-12)10(2)14-7-11-5-6-16(3)9-11/h5-6,8-10,14H,4,7H2,1-3H3. The van der Waals surface area contributed by atoms with E-state index in [-0.39, 0.29) is 0 Å². The van der Waals surface area contributed by atoms with Crippen LogP contribution in [0.1, 0.15) is 35.3 Å². The van der Waals surface area contributed by atoms with E-state index in [1.54, 1.807) is 11.3 Å². The molecule has 0 radical (unpaired) electrons. The molecule has 0 aliphatic rings. The zero-order valence-electron chi connectivity index (χ0n) is 10.6. The second-order valence-electron chi connectivity index (χ2n) is 4.31. The molecular weight excluding hydrogens is 230 g/mol. The summed E-state index contributed by atoms with van der Waals surface area (Å²) in [6, 6.07) is 2.46. The van der Waals surface area contributed by atoms with E-state index in [1.165, 1.54) is 15.4 Å². The Morgan fingerprint density at radius 1 is 1.53 bits per heavy atom. The number of aryl methyl sites for hydroxylation is 2. The average Bonchev–Trinajstić information content (AvgIpc) is 2.94. The Bertz CT molecular complexity index is 472. The minimum absolute atomic E-state index is 0.320. The first-order chi connectivity index (χ1) is 8.19. The zero-order chi connectivity index (χ0) is 12.3. The van der Waals surface area contributed by atoms with Gasteiger partial charge in [-0.25, -0.2) is 4.98 Å². The van der Waals surface area contributed by atoms with E-state index in [2.05, 4.69) is 47.2 Å². The van der Waals surface area contributed by atoms with E-state index in [0.29, 0.717) is 6.04 Å². The molecule has 2 aromatic heterocycles. The summed E-state index contributed by atoms with van der Waals surface area (Å²) in [6.07, 6.45) is 7.27. The molecule has 0 aliphatic carbocycles. The van der Waals surface area contributed by atoms with Crippen LogP contribution in [-0.2, 0) is 20.0 Å². The summed E-state index contributed by atoms with van der Waals surface area (Å²) in [5, 5.41) is 4.68. The molecule has 0 bridgehead atoms. The van der Waals surface area contributed by atoms with Crippen molar-refractivity contribution in [2.24, 2.45) is 7.05 Å². The van der Waals surface area contributed by atoms with Crippen LogP contribution < -0.4 is 5.32 Å². The van der Waals surface area contributed by atoms with Crippen LogP contribution in [0.3, 0.4) is 0 Å². The lowest BCUT2D eigenvalue weighted by atomic mass is 10.3. The molecule has 3 nitrogen and oxygen atoms in total. The highest BCUT2D eigenvalue weighted by atomic mass is 32.1. The van der Waals surface area contributed by atoms with Crippen LogP contribution in [0.25, 0.3) is 0 Å². The van der Waals surface area contributed by atoms with Crippen molar-refractivity contribution < 1.29 is 0 Å². The van der Waals surface area contributed by atoms with E-state index in [0.717, 1.165) is 13.0 Å². The lowest BCUT2D eigenvalue weighted by Gasteiger charge is -2.09. The maximum atomic E-state index is 4.46. The monoisotopic (exact) mass is 249 g/mol. The quantitative estimate of drug-likeness (QED) is 0.883. The van der Waals surface area contributed by atoms with Gasteiger partial charge in [0.15, 0.2) is 0 Å². The second kappa shape index (κ2) is 5.47. The van der Waals surface area contributed by atoms with Gasteiger partial charge in [-0.2, -0.15) is 0 Å². The number of hydrogen-bond acceptors (Lipinski definition) is 3. The Balaban J connectivity index is 1.90. The van der Waals surface area contributed by atoms with E-state index in [4.69, 9.17) is 0 Å². The van der Waals surface area contributed by atoms with Crippen molar-refractivity contribution >= 4 is 11.3 Å². The molecule has 17 heavy (non-hydrogen) atoms. The molecule has 1 unspecified atom stereocenters. The molecular formula is C13H19N3S. The van der Waals surface area contributed by atoms with E-state index < -0.39 is 0 Å². The van der Waals surface area contributed by atoms with Crippen LogP contribution in [0.2, 0.25) is 0 Å². The Hall–Kier alpha value is -1.13. The molecule has 1 atom stereocenters. The lowest BCUT2D eigenvalue weighted by molar-refractivity contribution is 0.571. The number of hydrogen-bond donors (Lipinski definition) is 1. The summed E-state index contributed by atoms with van der Waals surface area (Å²) in [5.41, 5.74) is 1.31. The Kier molecular flexibility index (Phi) is 3.97. The lowest BCUT2D eigenvalue weighted by Crippen LogP contribution is -2.17. The summed E-state index contributed by atoms with van der Waals surface area (Å²) < 4.78 is 2.07. The molecule has 0 saturated carbocycles. The molecule has 1 N–H and O–H groups in total. The van der Waals surface area contributed by atoms with Crippen LogP contribution in [0, 0.1) is 0 Å². The Labute approximate surface area is 107 Å². The van der Waals surface area contributed by atoms with Crippen molar-refractivity contribution in [2.75, 3.05) is 0 Å². The zero-order valence-corrected chi connectivity index (χ0v) is 11.4. The van der Waals surface area contributed by atoms with Gasteiger partial charge in [-0.15, -0.1) is 11.3 Å². The smallest absolute Gasteiger partial charge is 0.109 e. The molecule has 0 amide bonds. The molecule has 92 valence electrons. The highest BCUT2D eigenvalue weighted by molar-refractivity contribution is 7.11. The van der Waals surface area contributed by atoms with Gasteiger partial charge in [0.2, 0.25) is 0 Å². The van der Waals surface area contributed by atoms with Crippen LogP contribution >= 0.6 is 11.3 Å². The third kappa shape index (κ3) is 3.17. The largest absolute Gasteiger partial charge is 0.357 e. The van der Waals surface area contributed by atoms with Gasteiger partial charge in [0.25, 0.3) is 0 Å². The molecule has 0 aromatic carbocycles. The van der Waals surface area contributed by atoms with Crippen molar-refractivity contribution in [1.82, 2.24) is 14.9 Å². The van der Waals surface area contributed by atoms with Gasteiger partial charge >= 0.3 is 0 Å². The number of nitrogens with zero attached hydrogens (tertiary/aromatic N) is 2. The van der Waals surface area contributed by atoms with Crippen LogP contribution in [0.15, 0.2) is 24.7 Å². The van der Waals surface area contributed by atoms with E-state index in [9.17, 15) is 0 Å². The summed E-state index contributed by atoms with van der Waals surface area (Å²) in [4.78, 5) is 5.81. The molecule has 4 heteroatoms. The van der Waals surface area contributed by atoms with Crippen molar-refractivity contribution in [2.45, 2.75) is 32.9 Å². The normalized spacial score (nSPS) is 12.9. The third-order valence-corrected chi connectivity index (χ3v) is 4.12. The van der Waals surface area contributed by atoms with Gasteiger partial charge in [-0.3, -0.25) is 0 Å². The summed E-state index contributed by atoms with van der Waals surface area (Å²) in [6.45, 7) is 5.23. The van der Waals surface area contributed by atoms with Crippen molar-refractivity contribution in [3.63, 3.8) is 0 Å². The number of thiazole rings is 1. The summed E-state index contributed by atoms with van der Waals surface area (Å²) >= 11 is 1.80. The molecule has 0 aliphatic heterocycles. The highest BCUT2D eigenvalue weighted by Gasteiger charge is 2.09. The first kappa shape index (κ1) is 12.3. The maximum absolute atomic E-state index is 4.46. The van der Waals surface area contributed by atoms with Crippen LogP contribution in [0.4, 0.5) is 0 Å². The molecule has 2 aromatic rings. The third-order valence-electron chi connectivity index (χ3n) is 2.80. The Morgan fingerprint density at radius 3 is 2.94 bits per heavy atom. The fourth-order valence-electron chi connectivity index (χ4n) is 1.71. The molecule has 0 fully saturated rings. The topological polar surface area (TPSA) is 29.9 Å². The fraction of sp³-hybridized carbons (Fsp3) is 0.462. The van der Waals surface area contributed by atoms with Gasteiger partial charge in [0.05, 0.1) is 6.04 Å². The minimum Gasteiger partial charge on any atom is -0.357 e. The predicted octanol–water partition coefficient (Wildman–Crippen LogP) is 2.89. The Morgan fingerprint density at radius 2 is 2.35 bits per heavy atom. The van der Waals surface area contributed by atoms with Crippen LogP contribution in [0.5, 0.6) is 0 Å².